The van der Waals surface area contributed by atoms with Crippen LogP contribution in [0.3, 0.4) is 0 Å². The molecule has 0 aliphatic carbocycles. The van der Waals surface area contributed by atoms with Crippen LogP contribution in [0.4, 0.5) is 0 Å². The monoisotopic (exact) mass is 358 g/mol. The van der Waals surface area contributed by atoms with Crippen LogP contribution >= 0.6 is 0 Å². The molecular weight excluding hydrogens is 340 g/mol. The minimum atomic E-state index is -1.53. The predicted molar refractivity (Wildman–Crippen MR) is 89.3 cm³/mol. The van der Waals surface area contributed by atoms with E-state index in [4.69, 9.17) is 14.2 Å². The van der Waals surface area contributed by atoms with Crippen LogP contribution in [0.15, 0.2) is 60.7 Å². The van der Waals surface area contributed by atoms with Crippen molar-refractivity contribution in [1.82, 2.24) is 0 Å². The van der Waals surface area contributed by atoms with Crippen LogP contribution in [0.1, 0.15) is 20.7 Å². The van der Waals surface area contributed by atoms with Gasteiger partial charge in [-0.25, -0.2) is 9.59 Å². The van der Waals surface area contributed by atoms with Crippen molar-refractivity contribution in [2.24, 2.45) is 0 Å². The molecule has 0 unspecified atom stereocenters. The van der Waals surface area contributed by atoms with Crippen molar-refractivity contribution < 1.29 is 34.0 Å². The smallest absolute Gasteiger partial charge is 0.338 e. The van der Waals surface area contributed by atoms with Gasteiger partial charge in [0.05, 0.1) is 17.7 Å². The fourth-order valence-corrected chi connectivity index (χ4v) is 2.57. The van der Waals surface area contributed by atoms with Crippen molar-refractivity contribution in [1.29, 1.82) is 0 Å². The first-order chi connectivity index (χ1) is 12.6. The third kappa shape index (κ3) is 4.08. The van der Waals surface area contributed by atoms with Gasteiger partial charge in [0.25, 0.3) is 0 Å². The highest BCUT2D eigenvalue weighted by molar-refractivity contribution is 5.90. The largest absolute Gasteiger partial charge is 0.452 e. The summed E-state index contributed by atoms with van der Waals surface area (Å²) >= 11 is 0. The van der Waals surface area contributed by atoms with Gasteiger partial charge in [0.15, 0.2) is 18.5 Å². The second-order valence-corrected chi connectivity index (χ2v) is 5.76. The number of benzene rings is 2. The average Bonchev–Trinajstić information content (AvgIpc) is 2.68. The third-order valence-corrected chi connectivity index (χ3v) is 3.93. The molecular formula is C19H18O7. The molecule has 2 N–H and O–H groups in total. The zero-order valence-electron chi connectivity index (χ0n) is 13.7. The van der Waals surface area contributed by atoms with Gasteiger partial charge in [-0.15, -0.1) is 0 Å². The van der Waals surface area contributed by atoms with Crippen molar-refractivity contribution in [3.05, 3.63) is 71.8 Å². The molecule has 2 aromatic carbocycles. The maximum absolute atomic E-state index is 12.3. The van der Waals surface area contributed by atoms with Gasteiger partial charge in [-0.3, -0.25) is 0 Å². The number of rotatable bonds is 4. The Kier molecular flexibility index (Phi) is 5.62. The SMILES string of the molecule is O=C(O[C@H]1[C@H](OC(=O)c2ccccc2)[C@@H](O)CO[C@H]1O)c1ccccc1. The first-order valence-corrected chi connectivity index (χ1v) is 8.06. The summed E-state index contributed by atoms with van der Waals surface area (Å²) in [6.07, 6.45) is -5.41. The van der Waals surface area contributed by atoms with E-state index in [0.717, 1.165) is 0 Å². The Morgan fingerprint density at radius 1 is 0.808 bits per heavy atom. The van der Waals surface area contributed by atoms with Gasteiger partial charge >= 0.3 is 11.9 Å². The Hall–Kier alpha value is -2.74. The van der Waals surface area contributed by atoms with Gasteiger partial charge in [-0.1, -0.05) is 36.4 Å². The molecule has 7 heteroatoms. The van der Waals surface area contributed by atoms with Crippen molar-refractivity contribution in [3.8, 4) is 0 Å². The standard InChI is InChI=1S/C19H18O7/c20-14-11-24-19(23)16(26-18(22)13-9-5-2-6-10-13)15(14)25-17(21)12-7-3-1-4-8-12/h1-10,14-16,19-20,23H,11H2/t14-,15+,16-,19+/m0/s1. The molecule has 0 spiro atoms. The van der Waals surface area contributed by atoms with Crippen LogP contribution in [0.2, 0.25) is 0 Å². The summed E-state index contributed by atoms with van der Waals surface area (Å²) < 4.78 is 15.6. The molecule has 1 aliphatic heterocycles. The molecule has 1 fully saturated rings. The second-order valence-electron chi connectivity index (χ2n) is 5.76. The minimum Gasteiger partial charge on any atom is -0.452 e. The fraction of sp³-hybridized carbons (Fsp3) is 0.263. The van der Waals surface area contributed by atoms with E-state index < -0.39 is 36.5 Å². The van der Waals surface area contributed by atoms with E-state index in [1.54, 1.807) is 60.7 Å². The molecule has 0 saturated carbocycles. The number of aliphatic hydroxyl groups excluding tert-OH is 2. The van der Waals surface area contributed by atoms with Crippen molar-refractivity contribution in [2.45, 2.75) is 24.6 Å². The summed E-state index contributed by atoms with van der Waals surface area (Å²) in [6, 6.07) is 16.3. The summed E-state index contributed by atoms with van der Waals surface area (Å²) in [6.45, 7) is -0.257. The van der Waals surface area contributed by atoms with Crippen LogP contribution in [0.5, 0.6) is 0 Å². The Morgan fingerprint density at radius 2 is 1.27 bits per heavy atom. The van der Waals surface area contributed by atoms with E-state index >= 15 is 0 Å². The molecule has 2 aromatic rings. The summed E-state index contributed by atoms with van der Waals surface area (Å²) in [4.78, 5) is 24.5. The number of hydrogen-bond donors (Lipinski definition) is 2. The topological polar surface area (TPSA) is 102 Å². The van der Waals surface area contributed by atoms with Crippen LogP contribution < -0.4 is 0 Å². The van der Waals surface area contributed by atoms with Crippen molar-refractivity contribution in [2.75, 3.05) is 6.61 Å². The number of ether oxygens (including phenoxy) is 3. The molecule has 0 bridgehead atoms. The molecule has 0 amide bonds. The quantitative estimate of drug-likeness (QED) is 0.790. The van der Waals surface area contributed by atoms with E-state index in [2.05, 4.69) is 0 Å². The van der Waals surface area contributed by atoms with Gasteiger partial charge in [-0.05, 0) is 24.3 Å². The Bertz CT molecular complexity index is 681. The highest BCUT2D eigenvalue weighted by Crippen LogP contribution is 2.23. The molecule has 4 atom stereocenters. The number of hydrogen-bond acceptors (Lipinski definition) is 7. The van der Waals surface area contributed by atoms with E-state index in [9.17, 15) is 19.8 Å². The summed E-state index contributed by atoms with van der Waals surface area (Å²) in [5.41, 5.74) is 0.529. The first kappa shape index (κ1) is 18.1. The van der Waals surface area contributed by atoms with E-state index in [-0.39, 0.29) is 17.7 Å². The lowest BCUT2D eigenvalue weighted by Gasteiger charge is -2.37. The third-order valence-electron chi connectivity index (χ3n) is 3.93. The molecule has 136 valence electrons. The fourth-order valence-electron chi connectivity index (χ4n) is 2.57. The van der Waals surface area contributed by atoms with Crippen molar-refractivity contribution in [3.63, 3.8) is 0 Å². The summed E-state index contributed by atoms with van der Waals surface area (Å²) in [5.74, 6) is -1.43. The molecule has 1 saturated heterocycles. The van der Waals surface area contributed by atoms with Crippen molar-refractivity contribution >= 4 is 11.9 Å². The predicted octanol–water partition coefficient (Wildman–Crippen LogP) is 1.15. The summed E-state index contributed by atoms with van der Waals surface area (Å²) in [5, 5.41) is 20.2. The molecule has 1 heterocycles. The normalized spacial score (nSPS) is 25.3. The number of carbonyl (C=O) groups is 2. The Labute approximate surface area is 149 Å². The van der Waals surface area contributed by atoms with Crippen LogP contribution in [0.25, 0.3) is 0 Å². The Balaban J connectivity index is 1.76. The first-order valence-electron chi connectivity index (χ1n) is 8.06. The van der Waals surface area contributed by atoms with E-state index in [1.165, 1.54) is 0 Å². The average molecular weight is 358 g/mol. The molecule has 1 aliphatic rings. The zero-order chi connectivity index (χ0) is 18.5. The maximum atomic E-state index is 12.3. The van der Waals surface area contributed by atoms with Crippen LogP contribution in [0, 0.1) is 0 Å². The molecule has 7 nitrogen and oxygen atoms in total. The van der Waals surface area contributed by atoms with Gasteiger partial charge in [0.1, 0.15) is 6.10 Å². The highest BCUT2D eigenvalue weighted by atomic mass is 16.7. The van der Waals surface area contributed by atoms with Gasteiger partial charge < -0.3 is 24.4 Å². The van der Waals surface area contributed by atoms with E-state index in [0.29, 0.717) is 0 Å². The van der Waals surface area contributed by atoms with Gasteiger partial charge in [0.2, 0.25) is 0 Å². The Morgan fingerprint density at radius 3 is 1.77 bits per heavy atom. The molecule has 3 rings (SSSR count). The number of aliphatic hydroxyl groups is 2. The minimum absolute atomic E-state index is 0.257. The lowest BCUT2D eigenvalue weighted by molar-refractivity contribution is -0.251. The van der Waals surface area contributed by atoms with E-state index in [1.807, 2.05) is 0 Å². The molecule has 26 heavy (non-hydrogen) atoms. The number of esters is 2. The maximum Gasteiger partial charge on any atom is 0.338 e. The summed E-state index contributed by atoms with van der Waals surface area (Å²) in [7, 11) is 0. The molecule has 0 radical (unpaired) electrons. The van der Waals surface area contributed by atoms with Gasteiger partial charge in [0, 0.05) is 0 Å². The number of carbonyl (C=O) groups excluding carboxylic acids is 2. The van der Waals surface area contributed by atoms with Crippen LogP contribution in [-0.2, 0) is 14.2 Å². The lowest BCUT2D eigenvalue weighted by atomic mass is 10.0. The highest BCUT2D eigenvalue weighted by Gasteiger charge is 2.44. The van der Waals surface area contributed by atoms with Crippen LogP contribution in [-0.4, -0.2) is 53.4 Å². The second kappa shape index (κ2) is 8.09. The van der Waals surface area contributed by atoms with Gasteiger partial charge in [-0.2, -0.15) is 0 Å². The zero-order valence-corrected chi connectivity index (χ0v) is 13.7. The lowest BCUT2D eigenvalue weighted by Crippen LogP contribution is -2.56. The molecule has 0 aromatic heterocycles.